The highest BCUT2D eigenvalue weighted by atomic mass is 16.6. The predicted octanol–water partition coefficient (Wildman–Crippen LogP) is 2.01. The third-order valence-electron chi connectivity index (χ3n) is 1.22. The lowest BCUT2D eigenvalue weighted by atomic mass is 10.2. The summed E-state index contributed by atoms with van der Waals surface area (Å²) in [6, 6.07) is 9.31. The van der Waals surface area contributed by atoms with Crippen molar-refractivity contribution in [3.63, 3.8) is 0 Å². The SMILES string of the molecule is O=C(O)C=Cc1ccccc1.O=C(O)O. The van der Waals surface area contributed by atoms with Crippen LogP contribution in [-0.2, 0) is 4.79 Å². The predicted molar refractivity (Wildman–Crippen MR) is 53.8 cm³/mol. The molecule has 0 unspecified atom stereocenters. The molecule has 1 rings (SSSR count). The number of aliphatic carboxylic acids is 1. The van der Waals surface area contributed by atoms with E-state index in [4.69, 9.17) is 20.1 Å². The van der Waals surface area contributed by atoms with Crippen molar-refractivity contribution in [2.24, 2.45) is 0 Å². The molecule has 80 valence electrons. The van der Waals surface area contributed by atoms with Crippen LogP contribution in [0.2, 0.25) is 0 Å². The van der Waals surface area contributed by atoms with E-state index in [2.05, 4.69) is 0 Å². The minimum atomic E-state index is -1.83. The van der Waals surface area contributed by atoms with E-state index in [0.29, 0.717) is 0 Å². The molecule has 0 aromatic heterocycles. The van der Waals surface area contributed by atoms with Crippen LogP contribution >= 0.6 is 0 Å². The van der Waals surface area contributed by atoms with Gasteiger partial charge in [0.15, 0.2) is 0 Å². The maximum absolute atomic E-state index is 10.1. The van der Waals surface area contributed by atoms with Gasteiger partial charge in [0.2, 0.25) is 0 Å². The Balaban J connectivity index is 0.000000423. The normalized spacial score (nSPS) is 9.07. The molecule has 0 saturated heterocycles. The third-order valence-corrected chi connectivity index (χ3v) is 1.22. The minimum absolute atomic E-state index is 0.898. The Bertz CT molecular complexity index is 338. The average Bonchev–Trinajstić information content (AvgIpc) is 2.15. The largest absolute Gasteiger partial charge is 0.503 e. The van der Waals surface area contributed by atoms with Crippen LogP contribution in [0.15, 0.2) is 36.4 Å². The highest BCUT2D eigenvalue weighted by molar-refractivity contribution is 5.85. The first kappa shape index (κ1) is 12.7. The van der Waals surface area contributed by atoms with Crippen molar-refractivity contribution in [2.75, 3.05) is 0 Å². The van der Waals surface area contributed by atoms with Crippen molar-refractivity contribution < 1.29 is 24.9 Å². The summed E-state index contributed by atoms with van der Waals surface area (Å²) in [6.45, 7) is 0. The molecule has 3 N–H and O–H groups in total. The summed E-state index contributed by atoms with van der Waals surface area (Å²) in [5.41, 5.74) is 0.898. The van der Waals surface area contributed by atoms with Crippen molar-refractivity contribution in [1.82, 2.24) is 0 Å². The molecule has 0 spiro atoms. The van der Waals surface area contributed by atoms with Gasteiger partial charge in [0.25, 0.3) is 0 Å². The summed E-state index contributed by atoms with van der Waals surface area (Å²) in [5, 5.41) is 22.2. The monoisotopic (exact) mass is 210 g/mol. The van der Waals surface area contributed by atoms with Crippen LogP contribution in [0.25, 0.3) is 6.08 Å². The van der Waals surface area contributed by atoms with Gasteiger partial charge < -0.3 is 15.3 Å². The quantitative estimate of drug-likeness (QED) is 0.649. The summed E-state index contributed by atoms with van der Waals surface area (Å²) < 4.78 is 0. The molecule has 5 nitrogen and oxygen atoms in total. The van der Waals surface area contributed by atoms with E-state index >= 15 is 0 Å². The second-order valence-corrected chi connectivity index (χ2v) is 2.36. The molecule has 1 aromatic rings. The van der Waals surface area contributed by atoms with E-state index in [1.165, 1.54) is 0 Å². The van der Waals surface area contributed by atoms with E-state index < -0.39 is 12.1 Å². The Labute approximate surface area is 85.9 Å². The van der Waals surface area contributed by atoms with Crippen molar-refractivity contribution in [1.29, 1.82) is 0 Å². The summed E-state index contributed by atoms with van der Waals surface area (Å²) in [6.07, 6.45) is 0.845. The number of carboxylic acid groups (broad SMARTS) is 3. The topological polar surface area (TPSA) is 94.8 Å². The molecular weight excluding hydrogens is 200 g/mol. The fourth-order valence-electron chi connectivity index (χ4n) is 0.732. The molecule has 0 aliphatic rings. The number of rotatable bonds is 2. The van der Waals surface area contributed by atoms with Crippen LogP contribution in [0.1, 0.15) is 5.56 Å². The standard InChI is InChI=1S/C9H8O2.CH2O3/c10-9(11)7-6-8-4-2-1-3-5-8;2-1(3)4/h1-7H,(H,10,11);(H2,2,3,4). The Morgan fingerprint density at radius 2 is 1.47 bits per heavy atom. The highest BCUT2D eigenvalue weighted by Crippen LogP contribution is 1.99. The van der Waals surface area contributed by atoms with Crippen LogP contribution in [0.4, 0.5) is 4.79 Å². The maximum Gasteiger partial charge on any atom is 0.503 e. The van der Waals surface area contributed by atoms with E-state index in [-0.39, 0.29) is 0 Å². The van der Waals surface area contributed by atoms with Gasteiger partial charge in [-0.05, 0) is 11.6 Å². The molecular formula is C10H10O5. The van der Waals surface area contributed by atoms with E-state index in [1.54, 1.807) is 6.08 Å². The first-order valence-corrected chi connectivity index (χ1v) is 3.90. The van der Waals surface area contributed by atoms with Gasteiger partial charge in [-0.2, -0.15) is 0 Å². The Morgan fingerprint density at radius 1 is 1.00 bits per heavy atom. The maximum atomic E-state index is 10.1. The molecule has 0 aliphatic heterocycles. The van der Waals surface area contributed by atoms with Gasteiger partial charge in [-0.25, -0.2) is 9.59 Å². The lowest BCUT2D eigenvalue weighted by molar-refractivity contribution is -0.131. The zero-order valence-corrected chi connectivity index (χ0v) is 7.70. The van der Waals surface area contributed by atoms with E-state index in [1.807, 2.05) is 30.3 Å². The molecule has 15 heavy (non-hydrogen) atoms. The van der Waals surface area contributed by atoms with E-state index in [0.717, 1.165) is 11.6 Å². The zero-order chi connectivity index (χ0) is 11.7. The number of hydrogen-bond acceptors (Lipinski definition) is 2. The molecule has 0 radical (unpaired) electrons. The number of benzene rings is 1. The summed E-state index contributed by atoms with van der Waals surface area (Å²) in [4.78, 5) is 18.6. The molecule has 1 aromatic carbocycles. The minimum Gasteiger partial charge on any atom is -0.478 e. The molecule has 0 bridgehead atoms. The Hall–Kier alpha value is -2.30. The Morgan fingerprint density at radius 3 is 1.87 bits per heavy atom. The van der Waals surface area contributed by atoms with Crippen LogP contribution in [0.3, 0.4) is 0 Å². The van der Waals surface area contributed by atoms with Crippen LogP contribution in [0.5, 0.6) is 0 Å². The van der Waals surface area contributed by atoms with Gasteiger partial charge in [-0.15, -0.1) is 0 Å². The molecule has 0 fully saturated rings. The van der Waals surface area contributed by atoms with Gasteiger partial charge in [0.1, 0.15) is 0 Å². The Kier molecular flexibility index (Phi) is 6.04. The van der Waals surface area contributed by atoms with Crippen molar-refractivity contribution in [3.05, 3.63) is 42.0 Å². The summed E-state index contributed by atoms with van der Waals surface area (Å²) in [7, 11) is 0. The fraction of sp³-hybridized carbons (Fsp3) is 0. The fourth-order valence-corrected chi connectivity index (χ4v) is 0.732. The second-order valence-electron chi connectivity index (χ2n) is 2.36. The number of carbonyl (C=O) groups is 2. The molecule has 0 amide bonds. The molecule has 0 aliphatic carbocycles. The molecule has 0 heterocycles. The van der Waals surface area contributed by atoms with Crippen LogP contribution < -0.4 is 0 Å². The zero-order valence-electron chi connectivity index (χ0n) is 7.70. The van der Waals surface area contributed by atoms with Gasteiger partial charge >= 0.3 is 12.1 Å². The van der Waals surface area contributed by atoms with Crippen molar-refractivity contribution >= 4 is 18.2 Å². The molecule has 0 saturated carbocycles. The lowest BCUT2D eigenvalue weighted by Gasteiger charge is -1.87. The van der Waals surface area contributed by atoms with Gasteiger partial charge in [-0.1, -0.05) is 30.3 Å². The number of carboxylic acids is 1. The van der Waals surface area contributed by atoms with Crippen LogP contribution in [-0.4, -0.2) is 27.4 Å². The highest BCUT2D eigenvalue weighted by Gasteiger charge is 1.85. The third kappa shape index (κ3) is 9.62. The lowest BCUT2D eigenvalue weighted by Crippen LogP contribution is -1.85. The second kappa shape index (κ2) is 7.14. The first-order valence-electron chi connectivity index (χ1n) is 3.90. The first-order chi connectivity index (χ1) is 7.02. The van der Waals surface area contributed by atoms with Gasteiger partial charge in [0.05, 0.1) is 0 Å². The van der Waals surface area contributed by atoms with Gasteiger partial charge in [-0.3, -0.25) is 0 Å². The van der Waals surface area contributed by atoms with Crippen molar-refractivity contribution in [2.45, 2.75) is 0 Å². The van der Waals surface area contributed by atoms with Crippen LogP contribution in [0, 0.1) is 0 Å². The molecule has 0 atom stereocenters. The summed E-state index contributed by atoms with van der Waals surface area (Å²) >= 11 is 0. The molecule has 5 heteroatoms. The number of hydrogen-bond donors (Lipinski definition) is 3. The summed E-state index contributed by atoms with van der Waals surface area (Å²) in [5.74, 6) is -0.922. The van der Waals surface area contributed by atoms with Crippen molar-refractivity contribution in [3.8, 4) is 0 Å². The van der Waals surface area contributed by atoms with Gasteiger partial charge in [0, 0.05) is 6.08 Å². The van der Waals surface area contributed by atoms with E-state index in [9.17, 15) is 4.79 Å². The average molecular weight is 210 g/mol. The smallest absolute Gasteiger partial charge is 0.478 e.